The van der Waals surface area contributed by atoms with Crippen LogP contribution in [-0.4, -0.2) is 52.6 Å². The molecule has 2 heterocycles. The molecule has 2 amide bonds. The second-order valence-electron chi connectivity index (χ2n) is 5.32. The van der Waals surface area contributed by atoms with Crippen molar-refractivity contribution in [2.24, 2.45) is 5.92 Å². The Bertz CT molecular complexity index is 326. The van der Waals surface area contributed by atoms with Gasteiger partial charge in [-0.05, 0) is 31.6 Å². The normalized spacial score (nSPS) is 28.5. The van der Waals surface area contributed by atoms with E-state index in [2.05, 4.69) is 6.92 Å². The van der Waals surface area contributed by atoms with Crippen molar-refractivity contribution in [1.29, 1.82) is 0 Å². The average Bonchev–Trinajstić information content (AvgIpc) is 2.91. The fourth-order valence-electron chi connectivity index (χ4n) is 2.96. The van der Waals surface area contributed by atoms with Crippen LogP contribution in [-0.2, 0) is 4.79 Å². The first kappa shape index (κ1) is 13.2. The van der Waals surface area contributed by atoms with Gasteiger partial charge in [-0.2, -0.15) is 0 Å². The molecule has 2 aliphatic heterocycles. The quantitative estimate of drug-likeness (QED) is 0.817. The molecule has 2 unspecified atom stereocenters. The molecule has 0 spiro atoms. The summed E-state index contributed by atoms with van der Waals surface area (Å²) in [7, 11) is 0. The number of urea groups is 1. The van der Waals surface area contributed by atoms with Crippen LogP contribution in [0.15, 0.2) is 0 Å². The van der Waals surface area contributed by atoms with Gasteiger partial charge in [0, 0.05) is 19.6 Å². The van der Waals surface area contributed by atoms with Crippen molar-refractivity contribution >= 4 is 12.0 Å². The number of carbonyl (C=O) groups excluding carboxylic acids is 1. The highest BCUT2D eigenvalue weighted by molar-refractivity contribution is 5.83. The fourth-order valence-corrected chi connectivity index (χ4v) is 2.96. The summed E-state index contributed by atoms with van der Waals surface area (Å²) in [5, 5.41) is 9.30. The van der Waals surface area contributed by atoms with Crippen molar-refractivity contribution in [2.75, 3.05) is 19.6 Å². The van der Waals surface area contributed by atoms with Crippen LogP contribution in [0.3, 0.4) is 0 Å². The van der Waals surface area contributed by atoms with E-state index in [4.69, 9.17) is 0 Å². The largest absolute Gasteiger partial charge is 0.480 e. The molecule has 102 valence electrons. The third-order valence-electron chi connectivity index (χ3n) is 4.20. The van der Waals surface area contributed by atoms with Gasteiger partial charge in [0.05, 0.1) is 0 Å². The lowest BCUT2D eigenvalue weighted by Crippen LogP contribution is -2.54. The molecule has 0 aromatic carbocycles. The number of likely N-dealkylation sites (tertiary alicyclic amines) is 2. The minimum Gasteiger partial charge on any atom is -0.480 e. The summed E-state index contributed by atoms with van der Waals surface area (Å²) in [6.07, 6.45) is 4.60. The summed E-state index contributed by atoms with van der Waals surface area (Å²) in [4.78, 5) is 27.0. The van der Waals surface area contributed by atoms with Gasteiger partial charge in [-0.25, -0.2) is 9.59 Å². The van der Waals surface area contributed by atoms with Gasteiger partial charge in [-0.15, -0.1) is 0 Å². The Morgan fingerprint density at radius 3 is 2.44 bits per heavy atom. The van der Waals surface area contributed by atoms with Gasteiger partial charge in [-0.1, -0.05) is 13.3 Å². The number of carboxylic acid groups (broad SMARTS) is 1. The second kappa shape index (κ2) is 5.59. The van der Waals surface area contributed by atoms with E-state index < -0.39 is 12.0 Å². The predicted molar refractivity (Wildman–Crippen MR) is 67.3 cm³/mol. The Kier molecular flexibility index (Phi) is 4.09. The molecule has 5 heteroatoms. The number of hydrogen-bond acceptors (Lipinski definition) is 2. The van der Waals surface area contributed by atoms with Crippen LogP contribution in [0.25, 0.3) is 0 Å². The van der Waals surface area contributed by atoms with Crippen LogP contribution in [0.2, 0.25) is 0 Å². The predicted octanol–water partition coefficient (Wildman–Crippen LogP) is 1.78. The van der Waals surface area contributed by atoms with E-state index in [0.29, 0.717) is 18.9 Å². The smallest absolute Gasteiger partial charge is 0.326 e. The van der Waals surface area contributed by atoms with Crippen molar-refractivity contribution < 1.29 is 14.7 Å². The molecule has 0 aromatic rings. The Balaban J connectivity index is 2.05. The molecular weight excluding hydrogens is 232 g/mol. The van der Waals surface area contributed by atoms with Crippen LogP contribution in [0.1, 0.15) is 39.0 Å². The first-order chi connectivity index (χ1) is 8.63. The van der Waals surface area contributed by atoms with Crippen molar-refractivity contribution in [2.45, 2.75) is 45.1 Å². The van der Waals surface area contributed by atoms with E-state index in [1.54, 1.807) is 9.80 Å². The molecule has 1 N–H and O–H groups in total. The molecule has 0 bridgehead atoms. The second-order valence-corrected chi connectivity index (χ2v) is 5.32. The van der Waals surface area contributed by atoms with Gasteiger partial charge in [0.25, 0.3) is 0 Å². The van der Waals surface area contributed by atoms with Crippen LogP contribution in [0, 0.1) is 5.92 Å². The van der Waals surface area contributed by atoms with E-state index in [1.165, 1.54) is 0 Å². The number of aliphatic carboxylic acids is 1. The number of nitrogens with zero attached hydrogens (tertiary/aromatic N) is 2. The van der Waals surface area contributed by atoms with Crippen LogP contribution >= 0.6 is 0 Å². The van der Waals surface area contributed by atoms with Gasteiger partial charge in [-0.3, -0.25) is 0 Å². The van der Waals surface area contributed by atoms with E-state index in [9.17, 15) is 14.7 Å². The Morgan fingerprint density at radius 2 is 1.89 bits per heavy atom. The Morgan fingerprint density at radius 1 is 1.22 bits per heavy atom. The maximum absolute atomic E-state index is 12.3. The lowest BCUT2D eigenvalue weighted by Gasteiger charge is -2.38. The van der Waals surface area contributed by atoms with Crippen molar-refractivity contribution in [3.8, 4) is 0 Å². The Hall–Kier alpha value is -1.26. The summed E-state index contributed by atoms with van der Waals surface area (Å²) >= 11 is 0. The maximum Gasteiger partial charge on any atom is 0.326 e. The van der Waals surface area contributed by atoms with E-state index in [1.807, 2.05) is 0 Å². The number of amides is 2. The zero-order valence-corrected chi connectivity index (χ0v) is 11.0. The SMILES string of the molecule is CCC1CCN(C(=O)N2CCCC2)C(C(=O)O)C1. The third kappa shape index (κ3) is 2.60. The van der Waals surface area contributed by atoms with E-state index in [-0.39, 0.29) is 6.03 Å². The number of piperidine rings is 1. The fraction of sp³-hybridized carbons (Fsp3) is 0.846. The average molecular weight is 254 g/mol. The third-order valence-corrected chi connectivity index (χ3v) is 4.20. The molecular formula is C13H22N2O3. The highest BCUT2D eigenvalue weighted by Crippen LogP contribution is 2.27. The lowest BCUT2D eigenvalue weighted by molar-refractivity contribution is -0.144. The minimum atomic E-state index is -0.860. The number of rotatable bonds is 2. The maximum atomic E-state index is 12.3. The monoisotopic (exact) mass is 254 g/mol. The molecule has 2 rings (SSSR count). The first-order valence-electron chi connectivity index (χ1n) is 6.91. The zero-order chi connectivity index (χ0) is 13.1. The van der Waals surface area contributed by atoms with Crippen molar-refractivity contribution in [3.63, 3.8) is 0 Å². The highest BCUT2D eigenvalue weighted by Gasteiger charge is 2.37. The van der Waals surface area contributed by atoms with Crippen LogP contribution in [0.5, 0.6) is 0 Å². The van der Waals surface area contributed by atoms with Crippen molar-refractivity contribution in [3.05, 3.63) is 0 Å². The summed E-state index contributed by atoms with van der Waals surface area (Å²) in [5.41, 5.74) is 0. The number of carbonyl (C=O) groups is 2. The van der Waals surface area contributed by atoms with Gasteiger partial charge >= 0.3 is 12.0 Å². The first-order valence-corrected chi connectivity index (χ1v) is 6.91. The summed E-state index contributed by atoms with van der Waals surface area (Å²) < 4.78 is 0. The van der Waals surface area contributed by atoms with Gasteiger partial charge in [0.2, 0.25) is 0 Å². The topological polar surface area (TPSA) is 60.9 Å². The molecule has 0 aliphatic carbocycles. The minimum absolute atomic E-state index is 0.0746. The number of hydrogen-bond donors (Lipinski definition) is 1. The van der Waals surface area contributed by atoms with Crippen molar-refractivity contribution in [1.82, 2.24) is 9.80 Å². The molecule has 18 heavy (non-hydrogen) atoms. The summed E-state index contributed by atoms with van der Waals surface area (Å²) in [6.45, 7) is 4.23. The van der Waals surface area contributed by atoms with E-state index >= 15 is 0 Å². The van der Waals surface area contributed by atoms with Gasteiger partial charge in [0.15, 0.2) is 0 Å². The molecule has 2 atom stereocenters. The molecule has 0 aromatic heterocycles. The molecule has 0 radical (unpaired) electrons. The molecule has 2 saturated heterocycles. The van der Waals surface area contributed by atoms with Gasteiger partial charge < -0.3 is 14.9 Å². The van der Waals surface area contributed by atoms with Crippen LogP contribution in [0.4, 0.5) is 4.79 Å². The van der Waals surface area contributed by atoms with E-state index in [0.717, 1.165) is 38.8 Å². The summed E-state index contributed by atoms with van der Waals surface area (Å²) in [6, 6.07) is -0.703. The molecule has 0 saturated carbocycles. The molecule has 5 nitrogen and oxygen atoms in total. The summed E-state index contributed by atoms with van der Waals surface area (Å²) in [5.74, 6) is -0.422. The standard InChI is InChI=1S/C13H22N2O3/c1-2-10-5-8-15(11(9-10)12(16)17)13(18)14-6-3-4-7-14/h10-11H,2-9H2,1H3,(H,16,17). The van der Waals surface area contributed by atoms with Crippen LogP contribution < -0.4 is 0 Å². The van der Waals surface area contributed by atoms with Gasteiger partial charge in [0.1, 0.15) is 6.04 Å². The number of carboxylic acids is 1. The Labute approximate surface area is 108 Å². The lowest BCUT2D eigenvalue weighted by atomic mass is 9.89. The highest BCUT2D eigenvalue weighted by atomic mass is 16.4. The molecule has 2 fully saturated rings. The molecule has 2 aliphatic rings. The zero-order valence-electron chi connectivity index (χ0n) is 11.0.